The van der Waals surface area contributed by atoms with Crippen LogP contribution in [0.15, 0.2) is 42.5 Å². The van der Waals surface area contributed by atoms with Gasteiger partial charge < -0.3 is 15.0 Å². The highest BCUT2D eigenvalue weighted by molar-refractivity contribution is 5.99. The number of ether oxygens (including phenoxy) is 1. The van der Waals surface area contributed by atoms with E-state index in [-0.39, 0.29) is 24.1 Å². The van der Waals surface area contributed by atoms with Gasteiger partial charge in [0, 0.05) is 31.3 Å². The summed E-state index contributed by atoms with van der Waals surface area (Å²) in [5.41, 5.74) is 1.45. The number of hydrogen-bond donors (Lipinski definition) is 1. The summed E-state index contributed by atoms with van der Waals surface area (Å²) in [4.78, 5) is 26.0. The number of hydrogen-bond acceptors (Lipinski definition) is 3. The van der Waals surface area contributed by atoms with E-state index in [1.54, 1.807) is 42.3 Å². The number of nitrogens with zero attached hydrogens (tertiary/aromatic N) is 1. The smallest absolute Gasteiger partial charge is 0.253 e. The molecule has 0 saturated heterocycles. The lowest BCUT2D eigenvalue weighted by Crippen LogP contribution is -2.27. The lowest BCUT2D eigenvalue weighted by atomic mass is 10.1. The van der Waals surface area contributed by atoms with Crippen molar-refractivity contribution in [2.45, 2.75) is 13.5 Å². The van der Waals surface area contributed by atoms with Crippen molar-refractivity contribution in [2.24, 2.45) is 0 Å². The van der Waals surface area contributed by atoms with Crippen molar-refractivity contribution in [3.05, 3.63) is 65.0 Å². The number of carbonyl (C=O) groups excluding carboxylic acids is 2. The second kappa shape index (κ2) is 8.28. The van der Waals surface area contributed by atoms with Crippen LogP contribution in [0.4, 0.5) is 4.39 Å². The maximum absolute atomic E-state index is 13.7. The normalized spacial score (nSPS) is 10.2. The van der Waals surface area contributed by atoms with E-state index in [0.29, 0.717) is 23.2 Å². The summed E-state index contributed by atoms with van der Waals surface area (Å²) in [6, 6.07) is 11.0. The van der Waals surface area contributed by atoms with E-state index in [1.165, 1.54) is 19.2 Å². The summed E-state index contributed by atoms with van der Waals surface area (Å²) in [7, 11) is 3.09. The molecule has 2 aromatic rings. The van der Waals surface area contributed by atoms with Crippen LogP contribution in [0.25, 0.3) is 0 Å². The van der Waals surface area contributed by atoms with E-state index in [4.69, 9.17) is 4.74 Å². The summed E-state index contributed by atoms with van der Waals surface area (Å²) in [6.45, 7) is 2.63. The first kappa shape index (κ1) is 18.4. The molecule has 0 spiro atoms. The fourth-order valence-electron chi connectivity index (χ4n) is 2.26. The van der Waals surface area contributed by atoms with Gasteiger partial charge in [-0.3, -0.25) is 9.59 Å². The van der Waals surface area contributed by atoms with Crippen LogP contribution in [0.5, 0.6) is 5.75 Å². The van der Waals surface area contributed by atoms with Gasteiger partial charge in [0.1, 0.15) is 0 Å². The van der Waals surface area contributed by atoms with Crippen LogP contribution in [-0.4, -0.2) is 37.4 Å². The van der Waals surface area contributed by atoms with Crippen LogP contribution in [0.3, 0.4) is 0 Å². The van der Waals surface area contributed by atoms with Crippen molar-refractivity contribution >= 4 is 11.8 Å². The van der Waals surface area contributed by atoms with Crippen molar-refractivity contribution in [3.8, 4) is 5.75 Å². The minimum absolute atomic E-state index is 0.144. The molecule has 1 N–H and O–H groups in total. The highest BCUT2D eigenvalue weighted by Crippen LogP contribution is 2.17. The van der Waals surface area contributed by atoms with Gasteiger partial charge in [-0.2, -0.15) is 0 Å². The van der Waals surface area contributed by atoms with Gasteiger partial charge in [0.25, 0.3) is 11.8 Å². The van der Waals surface area contributed by atoms with Gasteiger partial charge in [0.05, 0.1) is 7.11 Å². The molecule has 0 heterocycles. The van der Waals surface area contributed by atoms with Crippen LogP contribution in [-0.2, 0) is 6.54 Å². The quantitative estimate of drug-likeness (QED) is 0.877. The summed E-state index contributed by atoms with van der Waals surface area (Å²) in [6.07, 6.45) is 0. The maximum Gasteiger partial charge on any atom is 0.253 e. The average Bonchev–Trinajstić information content (AvgIpc) is 2.65. The summed E-state index contributed by atoms with van der Waals surface area (Å²) < 4.78 is 18.5. The maximum atomic E-state index is 13.7. The molecule has 0 aliphatic carbocycles. The van der Waals surface area contributed by atoms with Crippen molar-refractivity contribution in [1.29, 1.82) is 0 Å². The lowest BCUT2D eigenvalue weighted by molar-refractivity contribution is 0.0802. The molecule has 5 nitrogen and oxygen atoms in total. The summed E-state index contributed by atoms with van der Waals surface area (Å²) >= 11 is 0. The first-order valence-electron chi connectivity index (χ1n) is 7.92. The molecule has 0 aliphatic rings. The Morgan fingerprint density at radius 1 is 1.16 bits per heavy atom. The van der Waals surface area contributed by atoms with E-state index in [1.807, 2.05) is 6.92 Å². The number of rotatable bonds is 6. The summed E-state index contributed by atoms with van der Waals surface area (Å²) in [5, 5.41) is 2.72. The predicted molar refractivity (Wildman–Crippen MR) is 93.2 cm³/mol. The molecule has 25 heavy (non-hydrogen) atoms. The molecule has 0 saturated carbocycles. The van der Waals surface area contributed by atoms with E-state index in [2.05, 4.69) is 5.32 Å². The Labute approximate surface area is 146 Å². The fourth-order valence-corrected chi connectivity index (χ4v) is 2.26. The van der Waals surface area contributed by atoms with Crippen molar-refractivity contribution < 1.29 is 18.7 Å². The molecule has 2 rings (SSSR count). The third-order valence-electron chi connectivity index (χ3n) is 3.86. The Morgan fingerprint density at radius 3 is 2.52 bits per heavy atom. The molecule has 6 heteroatoms. The van der Waals surface area contributed by atoms with Gasteiger partial charge in [-0.15, -0.1) is 0 Å². The number of amides is 2. The number of methoxy groups -OCH3 is 1. The monoisotopic (exact) mass is 344 g/mol. The zero-order valence-corrected chi connectivity index (χ0v) is 14.5. The zero-order valence-electron chi connectivity index (χ0n) is 14.5. The standard InChI is InChI=1S/C19H21FN2O3/c1-4-22(2)19(24)15-7-5-6-14(11-15)18(23)21-12-13-8-9-17(25-3)16(20)10-13/h5-11H,4,12H2,1-3H3,(H,21,23). The Morgan fingerprint density at radius 2 is 1.88 bits per heavy atom. The van der Waals surface area contributed by atoms with Gasteiger partial charge >= 0.3 is 0 Å². The van der Waals surface area contributed by atoms with Gasteiger partial charge in [0.15, 0.2) is 11.6 Å². The Kier molecular flexibility index (Phi) is 6.11. The van der Waals surface area contributed by atoms with Gasteiger partial charge in [0.2, 0.25) is 0 Å². The van der Waals surface area contributed by atoms with Crippen molar-refractivity contribution in [1.82, 2.24) is 10.2 Å². The third-order valence-corrected chi connectivity index (χ3v) is 3.86. The average molecular weight is 344 g/mol. The number of halogens is 1. The van der Waals surface area contributed by atoms with E-state index in [0.717, 1.165) is 0 Å². The van der Waals surface area contributed by atoms with Crippen LogP contribution in [0, 0.1) is 5.82 Å². The molecule has 132 valence electrons. The highest BCUT2D eigenvalue weighted by atomic mass is 19.1. The minimum atomic E-state index is -0.482. The number of nitrogens with one attached hydrogen (secondary N) is 1. The largest absolute Gasteiger partial charge is 0.494 e. The molecule has 2 amide bonds. The molecule has 0 radical (unpaired) electrons. The van der Waals surface area contributed by atoms with Crippen LogP contribution in [0.2, 0.25) is 0 Å². The molecule has 0 unspecified atom stereocenters. The number of benzene rings is 2. The molecule has 0 aromatic heterocycles. The molecule has 0 fully saturated rings. The Hall–Kier alpha value is -2.89. The first-order valence-corrected chi connectivity index (χ1v) is 7.92. The fraction of sp³-hybridized carbons (Fsp3) is 0.263. The zero-order chi connectivity index (χ0) is 18.4. The van der Waals surface area contributed by atoms with E-state index < -0.39 is 5.82 Å². The second-order valence-corrected chi connectivity index (χ2v) is 5.55. The summed E-state index contributed by atoms with van der Waals surface area (Å²) in [5.74, 6) is -0.801. The van der Waals surface area contributed by atoms with Gasteiger partial charge in [-0.25, -0.2) is 4.39 Å². The molecular weight excluding hydrogens is 323 g/mol. The van der Waals surface area contributed by atoms with E-state index >= 15 is 0 Å². The van der Waals surface area contributed by atoms with E-state index in [9.17, 15) is 14.0 Å². The molecule has 0 bridgehead atoms. The second-order valence-electron chi connectivity index (χ2n) is 5.55. The number of carbonyl (C=O) groups is 2. The lowest BCUT2D eigenvalue weighted by Gasteiger charge is -2.15. The Balaban J connectivity index is 2.06. The van der Waals surface area contributed by atoms with Crippen LogP contribution in [0.1, 0.15) is 33.2 Å². The van der Waals surface area contributed by atoms with Crippen molar-refractivity contribution in [3.63, 3.8) is 0 Å². The van der Waals surface area contributed by atoms with Gasteiger partial charge in [-0.05, 0) is 42.8 Å². The Bertz CT molecular complexity index is 777. The topological polar surface area (TPSA) is 58.6 Å². The van der Waals surface area contributed by atoms with Crippen LogP contribution >= 0.6 is 0 Å². The van der Waals surface area contributed by atoms with Gasteiger partial charge in [-0.1, -0.05) is 12.1 Å². The minimum Gasteiger partial charge on any atom is -0.494 e. The molecule has 0 atom stereocenters. The molecule has 0 aliphatic heterocycles. The highest BCUT2D eigenvalue weighted by Gasteiger charge is 2.13. The predicted octanol–water partition coefficient (Wildman–Crippen LogP) is 2.86. The SMILES string of the molecule is CCN(C)C(=O)c1cccc(C(=O)NCc2ccc(OC)c(F)c2)c1. The first-order chi connectivity index (χ1) is 12.0. The third kappa shape index (κ3) is 4.56. The molecular formula is C19H21FN2O3. The van der Waals surface area contributed by atoms with Crippen LogP contribution < -0.4 is 10.1 Å². The van der Waals surface area contributed by atoms with Crippen molar-refractivity contribution in [2.75, 3.05) is 20.7 Å². The molecule has 2 aromatic carbocycles.